The number of amides is 1. The van der Waals surface area contributed by atoms with Crippen LogP contribution in [0.4, 0.5) is 5.82 Å². The first-order valence-electron chi connectivity index (χ1n) is 9.76. The van der Waals surface area contributed by atoms with Crippen molar-refractivity contribution < 1.29 is 9.53 Å². The number of anilines is 1. The zero-order chi connectivity index (χ0) is 22.1. The highest BCUT2D eigenvalue weighted by Gasteiger charge is 2.18. The van der Waals surface area contributed by atoms with Crippen LogP contribution in [0.2, 0.25) is 10.0 Å². The Hall–Kier alpha value is -3.02. The van der Waals surface area contributed by atoms with E-state index in [9.17, 15) is 4.79 Å². The van der Waals surface area contributed by atoms with Gasteiger partial charge in [-0.1, -0.05) is 47.5 Å². The predicted octanol–water partition coefficient (Wildman–Crippen LogP) is 6.25. The van der Waals surface area contributed by atoms with Gasteiger partial charge in [0.05, 0.1) is 10.0 Å². The molecule has 0 unspecified atom stereocenters. The van der Waals surface area contributed by atoms with E-state index in [2.05, 4.69) is 5.32 Å². The Morgan fingerprint density at radius 3 is 2.61 bits per heavy atom. The number of nitrogens with zero attached hydrogens (tertiary/aromatic N) is 2. The molecule has 0 radical (unpaired) electrons. The van der Waals surface area contributed by atoms with Crippen LogP contribution in [0.25, 0.3) is 16.9 Å². The SMILES string of the molecule is Cc1ccc(C)c(OCC(=O)Nc2c(-c3ccc(Cl)c(Cl)c3)nc3c(C)cccn23)c1. The van der Waals surface area contributed by atoms with Crippen LogP contribution >= 0.6 is 23.2 Å². The molecule has 1 amide bonds. The molecule has 7 heteroatoms. The quantitative estimate of drug-likeness (QED) is 0.388. The van der Waals surface area contributed by atoms with Gasteiger partial charge >= 0.3 is 0 Å². The van der Waals surface area contributed by atoms with Gasteiger partial charge in [0.15, 0.2) is 6.61 Å². The summed E-state index contributed by atoms with van der Waals surface area (Å²) in [6.07, 6.45) is 1.86. The summed E-state index contributed by atoms with van der Waals surface area (Å²) < 4.78 is 7.61. The highest BCUT2D eigenvalue weighted by molar-refractivity contribution is 6.42. The van der Waals surface area contributed by atoms with E-state index in [1.54, 1.807) is 12.1 Å². The maximum atomic E-state index is 12.8. The molecule has 1 N–H and O–H groups in total. The fourth-order valence-electron chi connectivity index (χ4n) is 3.34. The molecule has 4 aromatic rings. The van der Waals surface area contributed by atoms with Gasteiger partial charge in [0, 0.05) is 11.8 Å². The van der Waals surface area contributed by atoms with Crippen LogP contribution < -0.4 is 10.1 Å². The molecule has 0 saturated heterocycles. The van der Waals surface area contributed by atoms with Crippen LogP contribution in [0, 0.1) is 20.8 Å². The van der Waals surface area contributed by atoms with Gasteiger partial charge < -0.3 is 10.1 Å². The summed E-state index contributed by atoms with van der Waals surface area (Å²) in [5.74, 6) is 0.950. The van der Waals surface area contributed by atoms with Crippen molar-refractivity contribution in [3.8, 4) is 17.0 Å². The second-order valence-electron chi connectivity index (χ2n) is 7.43. The van der Waals surface area contributed by atoms with E-state index in [4.69, 9.17) is 32.9 Å². The third-order valence-electron chi connectivity index (χ3n) is 5.00. The number of rotatable bonds is 5. The van der Waals surface area contributed by atoms with Crippen molar-refractivity contribution in [2.45, 2.75) is 20.8 Å². The summed E-state index contributed by atoms with van der Waals surface area (Å²) >= 11 is 12.3. The maximum absolute atomic E-state index is 12.8. The predicted molar refractivity (Wildman–Crippen MR) is 125 cm³/mol. The number of benzene rings is 2. The molecule has 0 atom stereocenters. The molecule has 2 heterocycles. The lowest BCUT2D eigenvalue weighted by Gasteiger charge is -2.11. The number of aromatic nitrogens is 2. The van der Waals surface area contributed by atoms with Crippen LogP contribution in [0.15, 0.2) is 54.7 Å². The fraction of sp³-hybridized carbons (Fsp3) is 0.167. The average Bonchev–Trinajstić information content (AvgIpc) is 3.10. The molecule has 0 bridgehead atoms. The smallest absolute Gasteiger partial charge is 0.263 e. The zero-order valence-corrected chi connectivity index (χ0v) is 18.9. The standard InChI is InChI=1S/C24H21Cl2N3O2/c1-14-6-7-15(2)20(11-14)31-13-21(30)27-24-22(17-8-9-18(25)19(26)12-17)28-23-16(3)5-4-10-29(23)24/h4-12H,13H2,1-3H3,(H,27,30). The number of fused-ring (bicyclic) bond motifs is 1. The third kappa shape index (κ3) is 4.38. The van der Waals surface area contributed by atoms with E-state index >= 15 is 0 Å². The Balaban J connectivity index is 1.67. The Bertz CT molecular complexity index is 1300. The minimum Gasteiger partial charge on any atom is -0.483 e. The number of hydrogen-bond acceptors (Lipinski definition) is 3. The van der Waals surface area contributed by atoms with Gasteiger partial charge in [-0.05, 0) is 61.7 Å². The van der Waals surface area contributed by atoms with E-state index in [1.165, 1.54) is 0 Å². The molecule has 158 valence electrons. The van der Waals surface area contributed by atoms with Crippen LogP contribution in [-0.4, -0.2) is 21.9 Å². The average molecular weight is 454 g/mol. The summed E-state index contributed by atoms with van der Waals surface area (Å²) in [4.78, 5) is 17.5. The van der Waals surface area contributed by atoms with Crippen molar-refractivity contribution in [2.24, 2.45) is 0 Å². The summed E-state index contributed by atoms with van der Waals surface area (Å²) in [6.45, 7) is 5.78. The number of imidazole rings is 1. The molecule has 0 aliphatic heterocycles. The number of halogens is 2. The number of aryl methyl sites for hydroxylation is 3. The summed E-state index contributed by atoms with van der Waals surface area (Å²) in [5, 5.41) is 3.83. The van der Waals surface area contributed by atoms with Gasteiger partial charge in [0.25, 0.3) is 5.91 Å². The van der Waals surface area contributed by atoms with Gasteiger partial charge in [0.1, 0.15) is 22.9 Å². The Morgan fingerprint density at radius 1 is 1.03 bits per heavy atom. The third-order valence-corrected chi connectivity index (χ3v) is 5.74. The van der Waals surface area contributed by atoms with E-state index in [0.29, 0.717) is 27.3 Å². The lowest BCUT2D eigenvalue weighted by molar-refractivity contribution is -0.118. The number of nitrogens with one attached hydrogen (secondary N) is 1. The highest BCUT2D eigenvalue weighted by atomic mass is 35.5. The first-order valence-corrected chi connectivity index (χ1v) is 10.5. The molecule has 0 aliphatic carbocycles. The molecular formula is C24H21Cl2N3O2. The molecule has 0 spiro atoms. The molecule has 31 heavy (non-hydrogen) atoms. The second kappa shape index (κ2) is 8.61. The van der Waals surface area contributed by atoms with Crippen LogP contribution in [0.1, 0.15) is 16.7 Å². The van der Waals surface area contributed by atoms with Crippen molar-refractivity contribution in [1.29, 1.82) is 0 Å². The van der Waals surface area contributed by atoms with Gasteiger partial charge in [-0.25, -0.2) is 4.98 Å². The number of pyridine rings is 1. The van der Waals surface area contributed by atoms with Crippen molar-refractivity contribution in [3.05, 3.63) is 81.5 Å². The van der Waals surface area contributed by atoms with Crippen LogP contribution in [0.3, 0.4) is 0 Å². The Kier molecular flexibility index (Phi) is 5.90. The van der Waals surface area contributed by atoms with Gasteiger partial charge in [-0.2, -0.15) is 0 Å². The van der Waals surface area contributed by atoms with E-state index < -0.39 is 0 Å². The minimum atomic E-state index is -0.287. The molecule has 2 aromatic carbocycles. The van der Waals surface area contributed by atoms with Crippen LogP contribution in [-0.2, 0) is 4.79 Å². The van der Waals surface area contributed by atoms with E-state index in [-0.39, 0.29) is 12.5 Å². The van der Waals surface area contributed by atoms with Crippen LogP contribution in [0.5, 0.6) is 5.75 Å². The summed E-state index contributed by atoms with van der Waals surface area (Å²) in [6, 6.07) is 15.1. The maximum Gasteiger partial charge on any atom is 0.263 e. The topological polar surface area (TPSA) is 55.6 Å². The molecule has 0 saturated carbocycles. The normalized spacial score (nSPS) is 11.0. The molecule has 0 fully saturated rings. The van der Waals surface area contributed by atoms with E-state index in [1.807, 2.05) is 67.8 Å². The molecule has 5 nitrogen and oxygen atoms in total. The van der Waals surface area contributed by atoms with Crippen molar-refractivity contribution in [3.63, 3.8) is 0 Å². The largest absolute Gasteiger partial charge is 0.483 e. The molecule has 0 aliphatic rings. The number of carbonyl (C=O) groups is 1. The minimum absolute atomic E-state index is 0.121. The second-order valence-corrected chi connectivity index (χ2v) is 8.24. The van der Waals surface area contributed by atoms with Crippen molar-refractivity contribution >= 4 is 40.6 Å². The summed E-state index contributed by atoms with van der Waals surface area (Å²) in [5.41, 5.74) is 5.13. The monoisotopic (exact) mass is 453 g/mol. The Labute approximate surface area is 190 Å². The Morgan fingerprint density at radius 2 is 1.84 bits per heavy atom. The first kappa shape index (κ1) is 21.2. The number of ether oxygens (including phenoxy) is 1. The highest BCUT2D eigenvalue weighted by Crippen LogP contribution is 2.33. The fourth-order valence-corrected chi connectivity index (χ4v) is 3.64. The lowest BCUT2D eigenvalue weighted by atomic mass is 10.1. The van der Waals surface area contributed by atoms with Gasteiger partial charge in [-0.3, -0.25) is 9.20 Å². The van der Waals surface area contributed by atoms with Crippen molar-refractivity contribution in [1.82, 2.24) is 9.38 Å². The zero-order valence-electron chi connectivity index (χ0n) is 17.4. The number of carbonyl (C=O) groups excluding carboxylic acids is 1. The van der Waals surface area contributed by atoms with Crippen molar-refractivity contribution in [2.75, 3.05) is 11.9 Å². The van der Waals surface area contributed by atoms with E-state index in [0.717, 1.165) is 27.9 Å². The molecular weight excluding hydrogens is 433 g/mol. The van der Waals surface area contributed by atoms with Gasteiger partial charge in [-0.15, -0.1) is 0 Å². The molecule has 2 aromatic heterocycles. The molecule has 4 rings (SSSR count). The number of hydrogen-bond donors (Lipinski definition) is 1. The lowest BCUT2D eigenvalue weighted by Crippen LogP contribution is -2.21. The summed E-state index contributed by atoms with van der Waals surface area (Å²) in [7, 11) is 0. The van der Waals surface area contributed by atoms with Gasteiger partial charge in [0.2, 0.25) is 0 Å². The first-order chi connectivity index (χ1) is 14.8.